The zero-order valence-corrected chi connectivity index (χ0v) is 20.0. The Balaban J connectivity index is 1.47. The van der Waals surface area contributed by atoms with Crippen molar-refractivity contribution in [3.8, 4) is 0 Å². The van der Waals surface area contributed by atoms with E-state index in [-0.39, 0.29) is 34.7 Å². The Morgan fingerprint density at radius 1 is 0.912 bits per heavy atom. The number of benzene rings is 2. The normalized spacial score (nSPS) is 28.2. The molecular weight excluding hydrogens is 471 g/mol. The van der Waals surface area contributed by atoms with Crippen molar-refractivity contribution in [3.05, 3.63) is 75.4 Å². The fourth-order valence-corrected chi connectivity index (χ4v) is 6.93. The summed E-state index contributed by atoms with van der Waals surface area (Å²) in [5, 5.41) is 0.686. The summed E-state index contributed by atoms with van der Waals surface area (Å²) < 4.78 is 0. The van der Waals surface area contributed by atoms with Gasteiger partial charge in [-0.05, 0) is 48.2 Å². The summed E-state index contributed by atoms with van der Waals surface area (Å²) in [6.07, 6.45) is 8.65. The first-order chi connectivity index (χ1) is 16.5. The molecule has 1 aliphatic carbocycles. The van der Waals surface area contributed by atoms with Crippen LogP contribution in [0.1, 0.15) is 59.6 Å². The number of hydrogen-bond acceptors (Lipinski definition) is 4. The van der Waals surface area contributed by atoms with Gasteiger partial charge in [-0.3, -0.25) is 19.3 Å². The Bertz CT molecular complexity index is 1240. The molecule has 4 aliphatic rings. The average molecular weight is 495 g/mol. The molecule has 3 fully saturated rings. The van der Waals surface area contributed by atoms with Gasteiger partial charge >= 0.3 is 0 Å². The van der Waals surface area contributed by atoms with Gasteiger partial charge in [-0.25, -0.2) is 0 Å². The summed E-state index contributed by atoms with van der Waals surface area (Å²) in [6, 6.07) is 11.4. The summed E-state index contributed by atoms with van der Waals surface area (Å²) >= 11 is 12.5. The van der Waals surface area contributed by atoms with Gasteiger partial charge < -0.3 is 4.90 Å². The molecule has 2 aromatic carbocycles. The zero-order chi connectivity index (χ0) is 23.6. The van der Waals surface area contributed by atoms with E-state index >= 15 is 0 Å². The van der Waals surface area contributed by atoms with E-state index in [4.69, 9.17) is 23.2 Å². The number of likely N-dealkylation sites (tertiary alicyclic amines) is 1. The maximum atomic E-state index is 13.9. The van der Waals surface area contributed by atoms with Gasteiger partial charge in [0.15, 0.2) is 5.78 Å². The van der Waals surface area contributed by atoms with Crippen molar-refractivity contribution in [2.24, 2.45) is 11.8 Å². The molecular formula is C27H24Cl2N2O3. The third-order valence-corrected chi connectivity index (χ3v) is 8.45. The van der Waals surface area contributed by atoms with Gasteiger partial charge in [-0.15, -0.1) is 0 Å². The molecule has 3 aliphatic heterocycles. The van der Waals surface area contributed by atoms with Crippen molar-refractivity contribution in [2.75, 3.05) is 0 Å². The number of imide groups is 1. The van der Waals surface area contributed by atoms with Crippen LogP contribution in [0, 0.1) is 11.8 Å². The Kier molecular flexibility index (Phi) is 5.30. The molecule has 0 N–H and O–H groups in total. The molecule has 7 heteroatoms. The molecule has 5 nitrogen and oxygen atoms in total. The minimum atomic E-state index is -0.802. The topological polar surface area (TPSA) is 57.7 Å². The molecule has 2 aromatic rings. The molecule has 1 saturated carbocycles. The quantitative estimate of drug-likeness (QED) is 0.416. The van der Waals surface area contributed by atoms with Gasteiger partial charge in [0.05, 0.1) is 22.9 Å². The number of nitrogens with zero attached hydrogens (tertiary/aromatic N) is 2. The van der Waals surface area contributed by atoms with Gasteiger partial charge in [0.2, 0.25) is 11.8 Å². The fourth-order valence-electron chi connectivity index (χ4n) is 6.43. The Hall–Kier alpha value is -2.63. The number of ketones is 1. The Morgan fingerprint density at radius 2 is 1.65 bits per heavy atom. The minimum Gasteiger partial charge on any atom is -0.358 e. The number of rotatable bonds is 3. The highest BCUT2D eigenvalue weighted by Crippen LogP contribution is 2.54. The van der Waals surface area contributed by atoms with Gasteiger partial charge in [0.1, 0.15) is 6.04 Å². The lowest BCUT2D eigenvalue weighted by atomic mass is 9.83. The number of fused-ring (bicyclic) bond motifs is 5. The number of amides is 2. The van der Waals surface area contributed by atoms with Gasteiger partial charge in [0, 0.05) is 22.8 Å². The summed E-state index contributed by atoms with van der Waals surface area (Å²) in [5.74, 6) is -1.95. The lowest BCUT2D eigenvalue weighted by Gasteiger charge is -2.37. The second-order valence-electron chi connectivity index (χ2n) is 9.66. The summed E-state index contributed by atoms with van der Waals surface area (Å²) in [7, 11) is 0. The van der Waals surface area contributed by atoms with Gasteiger partial charge in [0.25, 0.3) is 0 Å². The maximum Gasteiger partial charge on any atom is 0.236 e. The SMILES string of the molecule is O=C(c1ccc(Cl)cc1Cl)[C@@H]1[C@@H]2C(=O)N(C3CCCCC3)C(=O)[C@@H]2[C@H]2c3ccccc3C=CN12. The molecule has 0 bridgehead atoms. The Labute approximate surface area is 208 Å². The van der Waals surface area contributed by atoms with Crippen LogP contribution in [0.15, 0.2) is 48.7 Å². The van der Waals surface area contributed by atoms with E-state index in [1.807, 2.05) is 41.4 Å². The molecule has 34 heavy (non-hydrogen) atoms. The molecule has 0 unspecified atom stereocenters. The highest BCUT2D eigenvalue weighted by Gasteiger charge is 2.65. The number of Topliss-reactive ketones (excluding diaryl/α,β-unsaturated/α-hetero) is 1. The lowest BCUT2D eigenvalue weighted by Crippen LogP contribution is -2.47. The Morgan fingerprint density at radius 3 is 2.41 bits per heavy atom. The van der Waals surface area contributed by atoms with Crippen LogP contribution >= 0.6 is 23.2 Å². The molecule has 2 saturated heterocycles. The average Bonchev–Trinajstić information content (AvgIpc) is 3.32. The largest absolute Gasteiger partial charge is 0.358 e. The highest BCUT2D eigenvalue weighted by atomic mass is 35.5. The first kappa shape index (κ1) is 21.9. The first-order valence-electron chi connectivity index (χ1n) is 11.9. The van der Waals surface area contributed by atoms with Crippen LogP contribution in [0.25, 0.3) is 6.08 Å². The molecule has 6 rings (SSSR count). The van der Waals surface area contributed by atoms with E-state index < -0.39 is 17.9 Å². The second-order valence-corrected chi connectivity index (χ2v) is 10.5. The molecule has 4 atom stereocenters. The molecule has 2 amide bonds. The maximum absolute atomic E-state index is 13.9. The number of carbonyl (C=O) groups is 3. The number of carbonyl (C=O) groups excluding carboxylic acids is 3. The fraction of sp³-hybridized carbons (Fsp3) is 0.370. The van der Waals surface area contributed by atoms with Crippen LogP contribution in [-0.2, 0) is 9.59 Å². The molecule has 174 valence electrons. The van der Waals surface area contributed by atoms with Gasteiger partial charge in [-0.2, -0.15) is 0 Å². The van der Waals surface area contributed by atoms with Crippen molar-refractivity contribution in [2.45, 2.75) is 50.2 Å². The number of hydrogen-bond donors (Lipinski definition) is 0. The van der Waals surface area contributed by atoms with E-state index in [0.717, 1.165) is 43.2 Å². The standard InChI is InChI=1S/C27H24Cl2N2O3/c28-16-10-11-19(20(29)14-16)25(32)24-22-21(23-18-9-5-4-6-15(18)12-13-30(23)24)26(33)31(27(22)34)17-7-2-1-3-8-17/h4-6,9-14,17,21-24H,1-3,7-8H2/t21-,22+,23+,24-/m0/s1. The van der Waals surface area contributed by atoms with Crippen LogP contribution < -0.4 is 0 Å². The predicted molar refractivity (Wildman–Crippen MR) is 130 cm³/mol. The van der Waals surface area contributed by atoms with Crippen molar-refractivity contribution in [1.82, 2.24) is 9.80 Å². The smallest absolute Gasteiger partial charge is 0.236 e. The minimum absolute atomic E-state index is 0.0722. The van der Waals surface area contributed by atoms with Crippen molar-refractivity contribution in [3.63, 3.8) is 0 Å². The lowest BCUT2D eigenvalue weighted by molar-refractivity contribution is -0.144. The summed E-state index contributed by atoms with van der Waals surface area (Å²) in [5.41, 5.74) is 2.31. The highest BCUT2D eigenvalue weighted by molar-refractivity contribution is 6.37. The van der Waals surface area contributed by atoms with Crippen LogP contribution in [0.5, 0.6) is 0 Å². The summed E-state index contributed by atoms with van der Waals surface area (Å²) in [6.45, 7) is 0. The van der Waals surface area contributed by atoms with E-state index in [0.29, 0.717) is 10.6 Å². The van der Waals surface area contributed by atoms with E-state index in [2.05, 4.69) is 0 Å². The summed E-state index contributed by atoms with van der Waals surface area (Å²) in [4.78, 5) is 45.1. The van der Waals surface area contributed by atoms with Crippen LogP contribution in [-0.4, -0.2) is 39.5 Å². The van der Waals surface area contributed by atoms with Crippen LogP contribution in [0.3, 0.4) is 0 Å². The van der Waals surface area contributed by atoms with E-state index in [1.54, 1.807) is 12.1 Å². The van der Waals surface area contributed by atoms with Gasteiger partial charge in [-0.1, -0.05) is 66.7 Å². The molecule has 0 aromatic heterocycles. The zero-order valence-electron chi connectivity index (χ0n) is 18.5. The van der Waals surface area contributed by atoms with Crippen LogP contribution in [0.4, 0.5) is 0 Å². The molecule has 0 radical (unpaired) electrons. The second kappa shape index (κ2) is 8.24. The molecule has 3 heterocycles. The predicted octanol–water partition coefficient (Wildman–Crippen LogP) is 5.52. The number of halogens is 2. The monoisotopic (exact) mass is 494 g/mol. The van der Waals surface area contributed by atoms with E-state index in [1.165, 1.54) is 11.0 Å². The molecule has 0 spiro atoms. The third kappa shape index (κ3) is 3.17. The van der Waals surface area contributed by atoms with Crippen molar-refractivity contribution >= 4 is 46.9 Å². The van der Waals surface area contributed by atoms with Crippen molar-refractivity contribution in [1.29, 1.82) is 0 Å². The van der Waals surface area contributed by atoms with Crippen molar-refractivity contribution < 1.29 is 14.4 Å². The third-order valence-electron chi connectivity index (χ3n) is 7.90. The first-order valence-corrected chi connectivity index (χ1v) is 12.6. The van der Waals surface area contributed by atoms with Crippen LogP contribution in [0.2, 0.25) is 10.0 Å². The van der Waals surface area contributed by atoms with E-state index in [9.17, 15) is 14.4 Å².